The highest BCUT2D eigenvalue weighted by molar-refractivity contribution is 9.10. The molecule has 2 rings (SSSR count). The fraction of sp³-hybridized carbons (Fsp3) is 0.0667. The van der Waals surface area contributed by atoms with Gasteiger partial charge in [0.15, 0.2) is 0 Å². The summed E-state index contributed by atoms with van der Waals surface area (Å²) in [5, 5.41) is 0. The second kappa shape index (κ2) is 6.05. The molecule has 0 atom stereocenters. The summed E-state index contributed by atoms with van der Waals surface area (Å²) in [5.41, 5.74) is 2.28. The average Bonchev–Trinajstić information content (AvgIpc) is 2.34. The van der Waals surface area contributed by atoms with Gasteiger partial charge in [-0.2, -0.15) is 0 Å². The molecule has 0 saturated heterocycles. The molecule has 0 nitrogen and oxygen atoms in total. The molecule has 0 amide bonds. The van der Waals surface area contributed by atoms with Gasteiger partial charge in [-0.1, -0.05) is 55.8 Å². The molecule has 0 N–H and O–H groups in total. The highest BCUT2D eigenvalue weighted by Crippen LogP contribution is 2.11. The second-order valence-corrected chi connectivity index (χ2v) is 5.44. The first-order chi connectivity index (χ1) is 8.24. The Morgan fingerprint density at radius 1 is 0.765 bits per heavy atom. The summed E-state index contributed by atoms with van der Waals surface area (Å²) in [7, 11) is 0. The molecule has 0 aliphatic rings. The van der Waals surface area contributed by atoms with Crippen molar-refractivity contribution < 1.29 is 0 Å². The van der Waals surface area contributed by atoms with Crippen LogP contribution in [0.15, 0.2) is 57.5 Å². The van der Waals surface area contributed by atoms with Gasteiger partial charge in [0, 0.05) is 20.9 Å². The lowest BCUT2D eigenvalue weighted by atomic mass is 10.1. The number of hydrogen-bond acceptors (Lipinski definition) is 0. The van der Waals surface area contributed by atoms with E-state index >= 15 is 0 Å². The maximum atomic E-state index is 3.42. The fourth-order valence-electron chi connectivity index (χ4n) is 1.38. The van der Waals surface area contributed by atoms with Crippen LogP contribution >= 0.6 is 31.9 Å². The van der Waals surface area contributed by atoms with Crippen molar-refractivity contribution in [1.82, 2.24) is 0 Å². The number of hydrogen-bond donors (Lipinski definition) is 0. The van der Waals surface area contributed by atoms with Gasteiger partial charge in [0.2, 0.25) is 0 Å². The molecule has 2 aromatic carbocycles. The monoisotopic (exact) mass is 348 g/mol. The number of rotatable bonds is 1. The lowest BCUT2D eigenvalue weighted by Gasteiger charge is -1.94. The highest BCUT2D eigenvalue weighted by Gasteiger charge is 1.90. The van der Waals surface area contributed by atoms with Gasteiger partial charge in [-0.3, -0.25) is 0 Å². The molecule has 0 spiro atoms. The van der Waals surface area contributed by atoms with E-state index in [1.54, 1.807) is 0 Å². The van der Waals surface area contributed by atoms with Crippen molar-refractivity contribution in [2.24, 2.45) is 0 Å². The number of benzene rings is 2. The minimum atomic E-state index is 0.781. The zero-order valence-corrected chi connectivity index (χ0v) is 12.3. The topological polar surface area (TPSA) is 0 Å². The first kappa shape index (κ1) is 12.4. The Labute approximate surface area is 118 Å². The molecular formula is C15H10Br2. The summed E-state index contributed by atoms with van der Waals surface area (Å²) in [6, 6.07) is 16.3. The van der Waals surface area contributed by atoms with Crippen molar-refractivity contribution in [2.45, 2.75) is 6.42 Å². The maximum Gasteiger partial charge on any atom is 0.0344 e. The predicted molar refractivity (Wildman–Crippen MR) is 78.9 cm³/mol. The van der Waals surface area contributed by atoms with Crippen LogP contribution < -0.4 is 0 Å². The Morgan fingerprint density at radius 3 is 1.88 bits per heavy atom. The molecule has 0 heterocycles. The summed E-state index contributed by atoms with van der Waals surface area (Å²) in [4.78, 5) is 0. The Kier molecular flexibility index (Phi) is 4.42. The third-order valence-electron chi connectivity index (χ3n) is 2.28. The summed E-state index contributed by atoms with van der Waals surface area (Å²) in [5.74, 6) is 6.33. The van der Waals surface area contributed by atoms with Crippen LogP contribution in [-0.2, 0) is 6.42 Å². The van der Waals surface area contributed by atoms with Gasteiger partial charge in [0.1, 0.15) is 0 Å². The molecule has 0 radical (unpaired) electrons. The van der Waals surface area contributed by atoms with Crippen molar-refractivity contribution in [1.29, 1.82) is 0 Å². The Balaban J connectivity index is 2.03. The summed E-state index contributed by atoms with van der Waals surface area (Å²) < 4.78 is 2.18. The molecule has 0 fully saturated rings. The van der Waals surface area contributed by atoms with Gasteiger partial charge in [0.05, 0.1) is 0 Å². The Bertz CT molecular complexity index is 542. The van der Waals surface area contributed by atoms with E-state index in [-0.39, 0.29) is 0 Å². The van der Waals surface area contributed by atoms with Gasteiger partial charge in [-0.15, -0.1) is 0 Å². The van der Waals surface area contributed by atoms with E-state index in [2.05, 4.69) is 55.8 Å². The van der Waals surface area contributed by atoms with Crippen LogP contribution in [-0.4, -0.2) is 0 Å². The third-order valence-corrected chi connectivity index (χ3v) is 3.34. The lowest BCUT2D eigenvalue weighted by Crippen LogP contribution is -1.80. The molecule has 2 aromatic rings. The van der Waals surface area contributed by atoms with Crippen molar-refractivity contribution in [3.05, 3.63) is 68.6 Å². The van der Waals surface area contributed by atoms with E-state index in [4.69, 9.17) is 0 Å². The molecule has 0 aliphatic heterocycles. The van der Waals surface area contributed by atoms with Crippen molar-refractivity contribution in [2.75, 3.05) is 0 Å². The fourth-order valence-corrected chi connectivity index (χ4v) is 1.91. The smallest absolute Gasteiger partial charge is 0.0344 e. The van der Waals surface area contributed by atoms with Crippen molar-refractivity contribution in [3.63, 3.8) is 0 Å². The van der Waals surface area contributed by atoms with Gasteiger partial charge in [-0.05, 0) is 42.0 Å². The van der Waals surface area contributed by atoms with Gasteiger partial charge >= 0.3 is 0 Å². The van der Waals surface area contributed by atoms with E-state index in [9.17, 15) is 0 Å². The van der Waals surface area contributed by atoms with Crippen LogP contribution in [0.5, 0.6) is 0 Å². The molecule has 0 bridgehead atoms. The normalized spacial score (nSPS) is 9.53. The zero-order valence-electron chi connectivity index (χ0n) is 9.08. The van der Waals surface area contributed by atoms with Crippen LogP contribution in [0.2, 0.25) is 0 Å². The molecule has 17 heavy (non-hydrogen) atoms. The van der Waals surface area contributed by atoms with Gasteiger partial charge < -0.3 is 0 Å². The first-order valence-electron chi connectivity index (χ1n) is 5.23. The Morgan fingerprint density at radius 2 is 1.29 bits per heavy atom. The maximum absolute atomic E-state index is 3.42. The van der Waals surface area contributed by atoms with Crippen LogP contribution in [0.4, 0.5) is 0 Å². The summed E-state index contributed by atoms with van der Waals surface area (Å²) >= 11 is 6.82. The molecule has 0 aromatic heterocycles. The van der Waals surface area contributed by atoms with Crippen molar-refractivity contribution in [3.8, 4) is 11.8 Å². The quantitative estimate of drug-likeness (QED) is 0.648. The average molecular weight is 350 g/mol. The third kappa shape index (κ3) is 4.03. The Hall–Kier alpha value is -1.04. The highest BCUT2D eigenvalue weighted by atomic mass is 79.9. The van der Waals surface area contributed by atoms with E-state index < -0.39 is 0 Å². The molecule has 0 saturated carbocycles. The largest absolute Gasteiger partial charge is 0.0931 e. The molecule has 0 aliphatic carbocycles. The molecular weight excluding hydrogens is 340 g/mol. The molecule has 84 valence electrons. The number of halogens is 2. The van der Waals surface area contributed by atoms with Gasteiger partial charge in [-0.25, -0.2) is 0 Å². The van der Waals surface area contributed by atoms with E-state index in [0.717, 1.165) is 20.9 Å². The lowest BCUT2D eigenvalue weighted by molar-refractivity contribution is 1.31. The molecule has 2 heteroatoms. The van der Waals surface area contributed by atoms with E-state index in [0.29, 0.717) is 0 Å². The SMILES string of the molecule is Brc1ccc(C#CCc2ccc(Br)cc2)cc1. The molecule has 0 unspecified atom stereocenters. The summed E-state index contributed by atoms with van der Waals surface area (Å²) in [6.07, 6.45) is 0.781. The van der Waals surface area contributed by atoms with Crippen molar-refractivity contribution >= 4 is 31.9 Å². The van der Waals surface area contributed by atoms with Crippen LogP contribution in [0.1, 0.15) is 11.1 Å². The van der Waals surface area contributed by atoms with Crippen LogP contribution in [0, 0.1) is 11.8 Å². The van der Waals surface area contributed by atoms with Gasteiger partial charge in [0.25, 0.3) is 0 Å². The van der Waals surface area contributed by atoms with E-state index in [1.165, 1.54) is 5.56 Å². The minimum Gasteiger partial charge on any atom is -0.0931 e. The van der Waals surface area contributed by atoms with Crippen LogP contribution in [0.3, 0.4) is 0 Å². The predicted octanol–water partition coefficient (Wildman–Crippen LogP) is 4.81. The van der Waals surface area contributed by atoms with E-state index in [1.807, 2.05) is 36.4 Å². The summed E-state index contributed by atoms with van der Waals surface area (Å²) in [6.45, 7) is 0. The van der Waals surface area contributed by atoms with Crippen LogP contribution in [0.25, 0.3) is 0 Å². The minimum absolute atomic E-state index is 0.781. The first-order valence-corrected chi connectivity index (χ1v) is 6.81. The second-order valence-electron chi connectivity index (χ2n) is 3.61. The zero-order chi connectivity index (χ0) is 12.1. The standard InChI is InChI=1S/C15H10Br2/c16-14-8-4-12(5-9-14)2-1-3-13-6-10-15(17)11-7-13/h4-11H,2H2.